The minimum atomic E-state index is -0.325. The lowest BCUT2D eigenvalue weighted by Gasteiger charge is -2.43. The predicted molar refractivity (Wildman–Crippen MR) is 100 cm³/mol. The molecule has 0 radical (unpaired) electrons. The largest absolute Gasteiger partial charge is 0.463 e. The first-order valence-corrected chi connectivity index (χ1v) is 9.99. The first-order chi connectivity index (χ1) is 12.2. The van der Waals surface area contributed by atoms with Crippen molar-refractivity contribution in [3.8, 4) is 0 Å². The second-order valence-electron chi connectivity index (χ2n) is 7.63. The smallest absolute Gasteiger partial charge is 0.330 e. The van der Waals surface area contributed by atoms with Gasteiger partial charge >= 0.3 is 5.97 Å². The maximum Gasteiger partial charge on any atom is 0.330 e. The SMILES string of the molecule is CCOC(=O)/C=C/[C@H]1C=C[C@H]2CCCC2=C[C@]1(OC)C1CCCCC1. The summed E-state index contributed by atoms with van der Waals surface area (Å²) in [5, 5.41) is 0. The van der Waals surface area contributed by atoms with E-state index in [1.165, 1.54) is 56.9 Å². The molecule has 138 valence electrons. The minimum absolute atomic E-state index is 0.0862. The van der Waals surface area contributed by atoms with Crippen LogP contribution in [0.2, 0.25) is 0 Å². The first kappa shape index (κ1) is 18.4. The number of fused-ring (bicyclic) bond motifs is 1. The summed E-state index contributed by atoms with van der Waals surface area (Å²) >= 11 is 0. The Morgan fingerprint density at radius 1 is 1.20 bits per heavy atom. The quantitative estimate of drug-likeness (QED) is 0.401. The van der Waals surface area contributed by atoms with Gasteiger partial charge in [-0.15, -0.1) is 0 Å². The van der Waals surface area contributed by atoms with Crippen LogP contribution in [-0.2, 0) is 14.3 Å². The van der Waals surface area contributed by atoms with Gasteiger partial charge in [0.05, 0.1) is 12.2 Å². The maximum atomic E-state index is 11.9. The predicted octanol–water partition coefficient (Wildman–Crippen LogP) is 4.98. The fraction of sp³-hybridized carbons (Fsp3) is 0.682. The average Bonchev–Trinajstić information content (AvgIpc) is 3.02. The van der Waals surface area contributed by atoms with Crippen LogP contribution >= 0.6 is 0 Å². The number of ether oxygens (including phenoxy) is 2. The molecule has 0 unspecified atom stereocenters. The van der Waals surface area contributed by atoms with Gasteiger partial charge in [-0.05, 0) is 50.9 Å². The van der Waals surface area contributed by atoms with Crippen LogP contribution in [0.25, 0.3) is 0 Å². The fourth-order valence-corrected chi connectivity index (χ4v) is 4.98. The summed E-state index contributed by atoms with van der Waals surface area (Å²) < 4.78 is 11.4. The zero-order valence-electron chi connectivity index (χ0n) is 15.7. The van der Waals surface area contributed by atoms with Gasteiger partial charge in [-0.1, -0.05) is 49.1 Å². The number of hydrogen-bond acceptors (Lipinski definition) is 3. The number of carbonyl (C=O) groups is 1. The van der Waals surface area contributed by atoms with Crippen LogP contribution in [0.1, 0.15) is 58.3 Å². The molecule has 3 nitrogen and oxygen atoms in total. The molecule has 2 saturated carbocycles. The van der Waals surface area contributed by atoms with Crippen LogP contribution in [0, 0.1) is 17.8 Å². The van der Waals surface area contributed by atoms with Crippen LogP contribution < -0.4 is 0 Å². The third-order valence-corrected chi connectivity index (χ3v) is 6.26. The highest BCUT2D eigenvalue weighted by Gasteiger charge is 2.44. The van der Waals surface area contributed by atoms with Gasteiger partial charge in [-0.2, -0.15) is 0 Å². The molecule has 0 saturated heterocycles. The summed E-state index contributed by atoms with van der Waals surface area (Å²) in [7, 11) is 1.85. The van der Waals surface area contributed by atoms with Crippen molar-refractivity contribution >= 4 is 5.97 Å². The topological polar surface area (TPSA) is 35.5 Å². The number of rotatable bonds is 5. The van der Waals surface area contributed by atoms with Crippen molar-refractivity contribution in [2.24, 2.45) is 17.8 Å². The lowest BCUT2D eigenvalue weighted by Crippen LogP contribution is -2.45. The van der Waals surface area contributed by atoms with Gasteiger partial charge in [0.2, 0.25) is 0 Å². The number of esters is 1. The highest BCUT2D eigenvalue weighted by atomic mass is 16.5. The molecule has 0 aromatic heterocycles. The van der Waals surface area contributed by atoms with Gasteiger partial charge in [0.15, 0.2) is 0 Å². The second kappa shape index (κ2) is 8.35. The third-order valence-electron chi connectivity index (χ3n) is 6.26. The van der Waals surface area contributed by atoms with E-state index in [2.05, 4.69) is 18.2 Å². The van der Waals surface area contributed by atoms with Gasteiger partial charge in [0, 0.05) is 19.1 Å². The minimum Gasteiger partial charge on any atom is -0.463 e. The van der Waals surface area contributed by atoms with Crippen LogP contribution in [0.4, 0.5) is 0 Å². The van der Waals surface area contributed by atoms with E-state index in [0.29, 0.717) is 18.4 Å². The molecular weight excluding hydrogens is 312 g/mol. The standard InChI is InChI=1S/C22H32O3/c1-3-25-21(23)15-14-20-13-12-17-8-7-9-18(17)16-22(20,24-2)19-10-5-4-6-11-19/h12-17,19-20H,3-11H2,1-2H3/b15-14+/t17-,20-,22+/m1/s1. The number of carbonyl (C=O) groups excluding carboxylic acids is 1. The van der Waals surface area contributed by atoms with Gasteiger partial charge < -0.3 is 9.47 Å². The Balaban J connectivity index is 1.95. The summed E-state index contributed by atoms with van der Waals surface area (Å²) in [5.41, 5.74) is 1.21. The summed E-state index contributed by atoms with van der Waals surface area (Å²) in [6.07, 6.45) is 20.7. The van der Waals surface area contributed by atoms with Gasteiger partial charge in [0.25, 0.3) is 0 Å². The molecule has 3 atom stereocenters. The average molecular weight is 344 g/mol. The van der Waals surface area contributed by atoms with E-state index in [1.54, 1.807) is 6.08 Å². The molecule has 3 heteroatoms. The summed E-state index contributed by atoms with van der Waals surface area (Å²) in [5.74, 6) is 0.892. The van der Waals surface area contributed by atoms with Crippen LogP contribution in [0.5, 0.6) is 0 Å². The van der Waals surface area contributed by atoms with Crippen molar-refractivity contribution in [3.05, 3.63) is 36.0 Å². The fourth-order valence-electron chi connectivity index (χ4n) is 4.98. The zero-order valence-corrected chi connectivity index (χ0v) is 15.7. The van der Waals surface area contributed by atoms with E-state index >= 15 is 0 Å². The van der Waals surface area contributed by atoms with Gasteiger partial charge in [-0.3, -0.25) is 0 Å². The number of allylic oxidation sites excluding steroid dienone is 2. The molecule has 3 aliphatic rings. The van der Waals surface area contributed by atoms with Crippen LogP contribution in [0.3, 0.4) is 0 Å². The molecule has 0 heterocycles. The Hall–Kier alpha value is -1.35. The Kier molecular flexibility index (Phi) is 6.16. The monoisotopic (exact) mass is 344 g/mol. The third kappa shape index (κ3) is 3.92. The highest BCUT2D eigenvalue weighted by molar-refractivity contribution is 5.82. The molecule has 0 spiro atoms. The van der Waals surface area contributed by atoms with Crippen molar-refractivity contribution in [1.82, 2.24) is 0 Å². The number of hydrogen-bond donors (Lipinski definition) is 0. The van der Waals surface area contributed by atoms with Gasteiger partial charge in [-0.25, -0.2) is 4.79 Å². The second-order valence-corrected chi connectivity index (χ2v) is 7.63. The van der Waals surface area contributed by atoms with Crippen molar-refractivity contribution in [2.45, 2.75) is 63.9 Å². The van der Waals surface area contributed by atoms with E-state index < -0.39 is 0 Å². The molecule has 2 fully saturated rings. The van der Waals surface area contributed by atoms with Crippen molar-refractivity contribution in [3.63, 3.8) is 0 Å². The number of methoxy groups -OCH3 is 1. The summed E-state index contributed by atoms with van der Waals surface area (Å²) in [4.78, 5) is 11.9. The molecule has 3 aliphatic carbocycles. The van der Waals surface area contributed by atoms with E-state index in [-0.39, 0.29) is 17.5 Å². The molecule has 0 aromatic rings. The molecule has 0 amide bonds. The summed E-state index contributed by atoms with van der Waals surface area (Å²) in [6.45, 7) is 2.25. The maximum absolute atomic E-state index is 11.9. The van der Waals surface area contributed by atoms with E-state index in [1.807, 2.05) is 20.1 Å². The normalized spacial score (nSPS) is 33.1. The molecule has 0 aromatic carbocycles. The van der Waals surface area contributed by atoms with E-state index in [0.717, 1.165) is 0 Å². The van der Waals surface area contributed by atoms with Crippen molar-refractivity contribution in [2.75, 3.05) is 13.7 Å². The van der Waals surface area contributed by atoms with Gasteiger partial charge in [0.1, 0.15) is 0 Å². The zero-order chi connectivity index (χ0) is 17.7. The van der Waals surface area contributed by atoms with E-state index in [9.17, 15) is 4.79 Å². The Morgan fingerprint density at radius 3 is 2.72 bits per heavy atom. The lowest BCUT2D eigenvalue weighted by atomic mass is 9.69. The van der Waals surface area contributed by atoms with Crippen LogP contribution in [0.15, 0.2) is 36.0 Å². The Labute approximate surface area is 152 Å². The molecule has 0 N–H and O–H groups in total. The van der Waals surface area contributed by atoms with E-state index in [4.69, 9.17) is 9.47 Å². The van der Waals surface area contributed by atoms with Crippen molar-refractivity contribution in [1.29, 1.82) is 0 Å². The highest BCUT2D eigenvalue weighted by Crippen LogP contribution is 2.47. The molecule has 25 heavy (non-hydrogen) atoms. The van der Waals surface area contributed by atoms with Crippen molar-refractivity contribution < 1.29 is 14.3 Å². The molecule has 0 bridgehead atoms. The lowest BCUT2D eigenvalue weighted by molar-refractivity contribution is -0.137. The Morgan fingerprint density at radius 2 is 2.00 bits per heavy atom. The van der Waals surface area contributed by atoms with Crippen LogP contribution in [-0.4, -0.2) is 25.3 Å². The first-order valence-electron chi connectivity index (χ1n) is 9.99. The Bertz CT molecular complexity index is 554. The summed E-state index contributed by atoms with van der Waals surface area (Å²) in [6, 6.07) is 0. The molecule has 3 rings (SSSR count). The molecule has 0 aliphatic heterocycles. The molecular formula is C22H32O3.